The Balaban J connectivity index is 0.00000336. The molecule has 2 aromatic heterocycles. The summed E-state index contributed by atoms with van der Waals surface area (Å²) < 4.78 is 25.3. The number of benzene rings is 3. The highest BCUT2D eigenvalue weighted by molar-refractivity contribution is 7.89. The number of imidazole rings is 1. The van der Waals surface area contributed by atoms with E-state index in [1.54, 1.807) is 24.4 Å². The quantitative estimate of drug-likeness (QED) is 0.256. The van der Waals surface area contributed by atoms with Gasteiger partial charge in [-0.1, -0.05) is 36.4 Å². The summed E-state index contributed by atoms with van der Waals surface area (Å²) in [4.78, 5) is 15.6. The van der Waals surface area contributed by atoms with Crippen molar-refractivity contribution in [2.75, 3.05) is 22.6 Å². The molecular weight excluding hydrogens is 524 g/mol. The summed E-state index contributed by atoms with van der Waals surface area (Å²) in [5.41, 5.74) is 4.46. The zero-order chi connectivity index (χ0) is 26.0. The first kappa shape index (κ1) is 26.9. The summed E-state index contributed by atoms with van der Waals surface area (Å²) in [6.45, 7) is 0.682. The van der Waals surface area contributed by atoms with Crippen molar-refractivity contribution in [2.45, 2.75) is 11.4 Å². The molecule has 4 N–H and O–H groups in total. The van der Waals surface area contributed by atoms with Gasteiger partial charge in [0.15, 0.2) is 0 Å². The first-order valence-electron chi connectivity index (χ1n) is 11.5. The van der Waals surface area contributed by atoms with E-state index >= 15 is 0 Å². The maximum atomic E-state index is 11.7. The summed E-state index contributed by atoms with van der Waals surface area (Å²) in [6, 6.07) is 24.2. The molecule has 0 amide bonds. The van der Waals surface area contributed by atoms with Crippen LogP contribution in [0.5, 0.6) is 0 Å². The van der Waals surface area contributed by atoms with E-state index in [9.17, 15) is 8.42 Å². The van der Waals surface area contributed by atoms with E-state index in [0.717, 1.165) is 22.7 Å². The Labute approximate surface area is 227 Å². The summed E-state index contributed by atoms with van der Waals surface area (Å²) in [7, 11) is 0.0808. The van der Waals surface area contributed by atoms with Crippen LogP contribution in [0.25, 0.3) is 11.0 Å². The predicted molar refractivity (Wildman–Crippen MR) is 153 cm³/mol. The number of fused-ring (bicyclic) bond motifs is 1. The standard InChI is InChI=1S/C26H26N8O2S.ClH/c1-33(24-13-14-28-25(32-24)30-19-9-6-10-21(15-19)37(27,35)36)20-11-12-23-22(16-20)31-26(34(23)2)29-17-18-7-4-3-5-8-18;/h3-16H,17H2,1-2H3,(H,29,31)(H2,27,35,36)(H,28,30,32);1H. The van der Waals surface area contributed by atoms with Gasteiger partial charge in [0.05, 0.1) is 15.9 Å². The van der Waals surface area contributed by atoms with Gasteiger partial charge in [0.1, 0.15) is 5.82 Å². The Morgan fingerprint density at radius 2 is 1.76 bits per heavy atom. The fourth-order valence-electron chi connectivity index (χ4n) is 3.94. The number of hydrogen-bond donors (Lipinski definition) is 3. The van der Waals surface area contributed by atoms with E-state index in [2.05, 4.69) is 32.7 Å². The second-order valence-corrected chi connectivity index (χ2v) is 10.1. The number of primary sulfonamides is 1. The van der Waals surface area contributed by atoms with Crippen molar-refractivity contribution in [1.29, 1.82) is 0 Å². The van der Waals surface area contributed by atoms with Gasteiger partial charge in [-0.05, 0) is 48.0 Å². The number of aromatic nitrogens is 4. The lowest BCUT2D eigenvalue weighted by molar-refractivity contribution is 0.598. The zero-order valence-electron chi connectivity index (χ0n) is 20.7. The molecule has 0 bridgehead atoms. The lowest BCUT2D eigenvalue weighted by Crippen LogP contribution is -2.13. The molecule has 3 aromatic carbocycles. The fraction of sp³-hybridized carbons (Fsp3) is 0.115. The van der Waals surface area contributed by atoms with Gasteiger partial charge in [-0.3, -0.25) is 0 Å². The second-order valence-electron chi connectivity index (χ2n) is 8.50. The Hall–Kier alpha value is -4.19. The largest absolute Gasteiger partial charge is 0.352 e. The molecule has 0 radical (unpaired) electrons. The van der Waals surface area contributed by atoms with E-state index in [-0.39, 0.29) is 17.3 Å². The average Bonchev–Trinajstić information content (AvgIpc) is 3.22. The number of anilines is 5. The molecule has 5 rings (SSSR count). The van der Waals surface area contributed by atoms with Gasteiger partial charge < -0.3 is 20.1 Å². The van der Waals surface area contributed by atoms with Gasteiger partial charge >= 0.3 is 0 Å². The molecule has 0 aliphatic heterocycles. The molecule has 0 aliphatic rings. The molecule has 0 aliphatic carbocycles. The zero-order valence-corrected chi connectivity index (χ0v) is 22.4. The van der Waals surface area contributed by atoms with E-state index in [0.29, 0.717) is 24.0 Å². The van der Waals surface area contributed by atoms with Gasteiger partial charge in [-0.15, -0.1) is 12.4 Å². The molecule has 0 unspecified atom stereocenters. The molecule has 0 spiro atoms. The van der Waals surface area contributed by atoms with E-state index in [4.69, 9.17) is 10.1 Å². The molecule has 12 heteroatoms. The third-order valence-electron chi connectivity index (χ3n) is 5.95. The number of nitrogens with one attached hydrogen (secondary N) is 2. The first-order valence-corrected chi connectivity index (χ1v) is 13.0. The highest BCUT2D eigenvalue weighted by Crippen LogP contribution is 2.28. The van der Waals surface area contributed by atoms with Crippen LogP contribution < -0.4 is 20.7 Å². The van der Waals surface area contributed by atoms with Crippen molar-refractivity contribution in [3.63, 3.8) is 0 Å². The minimum absolute atomic E-state index is 0. The number of nitrogens with two attached hydrogens (primary N) is 1. The minimum Gasteiger partial charge on any atom is -0.352 e. The van der Waals surface area contributed by atoms with Gasteiger partial charge in [-0.2, -0.15) is 4.98 Å². The number of hydrogen-bond acceptors (Lipinski definition) is 8. The summed E-state index contributed by atoms with van der Waals surface area (Å²) in [6.07, 6.45) is 1.63. The van der Waals surface area contributed by atoms with Crippen molar-refractivity contribution < 1.29 is 8.42 Å². The van der Waals surface area contributed by atoms with Crippen LogP contribution in [0.2, 0.25) is 0 Å². The van der Waals surface area contributed by atoms with Crippen molar-refractivity contribution in [1.82, 2.24) is 19.5 Å². The molecule has 0 saturated heterocycles. The van der Waals surface area contributed by atoms with Crippen LogP contribution in [-0.4, -0.2) is 35.0 Å². The Morgan fingerprint density at radius 3 is 2.53 bits per heavy atom. The van der Waals surface area contributed by atoms with Gasteiger partial charge in [-0.25, -0.2) is 23.5 Å². The number of halogens is 1. The van der Waals surface area contributed by atoms with Gasteiger partial charge in [0.25, 0.3) is 0 Å². The van der Waals surface area contributed by atoms with Crippen LogP contribution in [-0.2, 0) is 23.6 Å². The first-order chi connectivity index (χ1) is 17.8. The summed E-state index contributed by atoms with van der Waals surface area (Å²) in [5, 5.41) is 11.7. The van der Waals surface area contributed by atoms with Crippen molar-refractivity contribution in [2.24, 2.45) is 12.2 Å². The van der Waals surface area contributed by atoms with E-state index in [1.807, 2.05) is 60.0 Å². The topological polar surface area (TPSA) is 131 Å². The van der Waals surface area contributed by atoms with Gasteiger partial charge in [0, 0.05) is 38.2 Å². The van der Waals surface area contributed by atoms with E-state index in [1.165, 1.54) is 17.7 Å². The number of rotatable bonds is 8. The van der Waals surface area contributed by atoms with Gasteiger partial charge in [0.2, 0.25) is 21.9 Å². The van der Waals surface area contributed by atoms with Crippen LogP contribution in [0.3, 0.4) is 0 Å². The van der Waals surface area contributed by atoms with Crippen molar-refractivity contribution >= 4 is 62.6 Å². The van der Waals surface area contributed by atoms with Crippen LogP contribution in [0.1, 0.15) is 5.56 Å². The molecule has 10 nitrogen and oxygen atoms in total. The Morgan fingerprint density at radius 1 is 0.974 bits per heavy atom. The van der Waals surface area contributed by atoms with Crippen LogP contribution in [0.15, 0.2) is 90.0 Å². The number of nitrogens with zero attached hydrogens (tertiary/aromatic N) is 5. The molecule has 196 valence electrons. The molecule has 0 atom stereocenters. The number of sulfonamides is 1. The van der Waals surface area contributed by atoms with Crippen molar-refractivity contribution in [3.05, 3.63) is 90.6 Å². The average molecular weight is 551 g/mol. The Kier molecular flexibility index (Phi) is 7.81. The van der Waals surface area contributed by atoms with Crippen LogP contribution in [0.4, 0.5) is 29.1 Å². The molecule has 2 heterocycles. The smallest absolute Gasteiger partial charge is 0.238 e. The third-order valence-corrected chi connectivity index (χ3v) is 6.86. The predicted octanol–water partition coefficient (Wildman–Crippen LogP) is 4.56. The molecule has 38 heavy (non-hydrogen) atoms. The summed E-state index contributed by atoms with van der Waals surface area (Å²) in [5.74, 6) is 1.76. The second kappa shape index (κ2) is 11.1. The maximum absolute atomic E-state index is 11.7. The molecule has 5 aromatic rings. The molecule has 0 saturated carbocycles. The summed E-state index contributed by atoms with van der Waals surface area (Å²) >= 11 is 0. The van der Waals surface area contributed by atoms with Crippen LogP contribution >= 0.6 is 12.4 Å². The third kappa shape index (κ3) is 5.86. The highest BCUT2D eigenvalue weighted by atomic mass is 35.5. The Bertz CT molecular complexity index is 1680. The number of aryl methyl sites for hydroxylation is 1. The minimum atomic E-state index is -3.81. The fourth-order valence-corrected chi connectivity index (χ4v) is 4.50. The highest BCUT2D eigenvalue weighted by Gasteiger charge is 2.13. The normalized spacial score (nSPS) is 11.1. The molecule has 0 fully saturated rings. The monoisotopic (exact) mass is 550 g/mol. The van der Waals surface area contributed by atoms with Crippen molar-refractivity contribution in [3.8, 4) is 0 Å². The lowest BCUT2D eigenvalue weighted by atomic mass is 10.2. The van der Waals surface area contributed by atoms with Crippen LogP contribution in [0, 0.1) is 0 Å². The van der Waals surface area contributed by atoms with E-state index < -0.39 is 10.0 Å². The maximum Gasteiger partial charge on any atom is 0.238 e. The lowest BCUT2D eigenvalue weighted by Gasteiger charge is -2.19. The molecular formula is C26H27ClN8O2S. The SMILES string of the molecule is CN(c1ccc2c(c1)nc(NCc1ccccc1)n2C)c1ccnc(Nc2cccc(S(N)(=O)=O)c2)n1.Cl.